The fourth-order valence-corrected chi connectivity index (χ4v) is 2.84. The van der Waals surface area contributed by atoms with E-state index in [1.165, 1.54) is 17.0 Å². The molecule has 3 nitrogen and oxygen atoms in total. The van der Waals surface area contributed by atoms with Gasteiger partial charge in [-0.15, -0.1) is 11.3 Å². The average molecular weight is 293 g/mol. The molecule has 0 fully saturated rings. The Morgan fingerprint density at radius 1 is 1.25 bits per heavy atom. The maximum Gasteiger partial charge on any atom is 0.182 e. The van der Waals surface area contributed by atoms with Gasteiger partial charge in [0.25, 0.3) is 0 Å². The van der Waals surface area contributed by atoms with Crippen molar-refractivity contribution in [2.24, 2.45) is 0 Å². The molecule has 20 heavy (non-hydrogen) atoms. The number of thiazole rings is 1. The van der Waals surface area contributed by atoms with E-state index >= 15 is 0 Å². The molecule has 1 aromatic heterocycles. The summed E-state index contributed by atoms with van der Waals surface area (Å²) in [6, 6.07) is 6.66. The molecule has 0 aliphatic carbocycles. The number of benzene rings is 1. The van der Waals surface area contributed by atoms with Crippen LogP contribution in [-0.2, 0) is 13.1 Å². The summed E-state index contributed by atoms with van der Waals surface area (Å²) >= 11 is 1.69. The third-order valence-corrected chi connectivity index (χ3v) is 3.81. The zero-order valence-electron chi connectivity index (χ0n) is 11.9. The second-order valence-electron chi connectivity index (χ2n) is 4.86. The molecule has 0 atom stereocenters. The summed E-state index contributed by atoms with van der Waals surface area (Å²) in [4.78, 5) is 7.79. The third kappa shape index (κ3) is 4.58. The molecule has 0 saturated carbocycles. The fraction of sp³-hybridized carbons (Fsp3) is 0.400. The van der Waals surface area contributed by atoms with Crippen LogP contribution in [0.3, 0.4) is 0 Å². The van der Waals surface area contributed by atoms with Crippen LogP contribution in [0.15, 0.2) is 30.5 Å². The standard InChI is InChI=1S/C15H20FN3S/c1-3-8-17-15-18-9-14(20-15)11-19(2)10-12-4-6-13(16)7-5-12/h4-7,9H,3,8,10-11H2,1-2H3,(H,17,18). The van der Waals surface area contributed by atoms with E-state index in [1.54, 1.807) is 11.3 Å². The number of hydrogen-bond acceptors (Lipinski definition) is 4. The van der Waals surface area contributed by atoms with Gasteiger partial charge in [-0.1, -0.05) is 19.1 Å². The minimum Gasteiger partial charge on any atom is -0.362 e. The first-order valence-electron chi connectivity index (χ1n) is 6.79. The second kappa shape index (κ2) is 7.36. The Labute approximate surface area is 123 Å². The maximum absolute atomic E-state index is 12.8. The summed E-state index contributed by atoms with van der Waals surface area (Å²) in [5.41, 5.74) is 1.11. The zero-order chi connectivity index (χ0) is 14.4. The van der Waals surface area contributed by atoms with Gasteiger partial charge in [-0.25, -0.2) is 9.37 Å². The van der Waals surface area contributed by atoms with E-state index in [0.29, 0.717) is 0 Å². The smallest absolute Gasteiger partial charge is 0.182 e. The minimum atomic E-state index is -0.189. The summed E-state index contributed by atoms with van der Waals surface area (Å²) in [6.07, 6.45) is 3.02. The van der Waals surface area contributed by atoms with Crippen LogP contribution in [0.2, 0.25) is 0 Å². The van der Waals surface area contributed by atoms with E-state index in [9.17, 15) is 4.39 Å². The fourth-order valence-electron chi connectivity index (χ4n) is 1.92. The van der Waals surface area contributed by atoms with Gasteiger partial charge in [0.05, 0.1) is 0 Å². The van der Waals surface area contributed by atoms with Gasteiger partial charge in [-0.3, -0.25) is 4.90 Å². The number of anilines is 1. The number of rotatable bonds is 7. The molecule has 1 aromatic carbocycles. The molecule has 1 heterocycles. The van der Waals surface area contributed by atoms with Crippen molar-refractivity contribution in [2.75, 3.05) is 18.9 Å². The lowest BCUT2D eigenvalue weighted by molar-refractivity contribution is 0.321. The summed E-state index contributed by atoms with van der Waals surface area (Å²) in [7, 11) is 2.06. The Bertz CT molecular complexity index is 524. The summed E-state index contributed by atoms with van der Waals surface area (Å²) in [6.45, 7) is 4.75. The van der Waals surface area contributed by atoms with Crippen molar-refractivity contribution in [3.05, 3.63) is 46.7 Å². The molecular formula is C15H20FN3S. The van der Waals surface area contributed by atoms with E-state index in [4.69, 9.17) is 0 Å². The molecule has 1 N–H and O–H groups in total. The van der Waals surface area contributed by atoms with Crippen molar-refractivity contribution in [3.8, 4) is 0 Å². The van der Waals surface area contributed by atoms with Crippen molar-refractivity contribution in [1.82, 2.24) is 9.88 Å². The zero-order valence-corrected chi connectivity index (χ0v) is 12.7. The lowest BCUT2D eigenvalue weighted by Gasteiger charge is -2.15. The van der Waals surface area contributed by atoms with Gasteiger partial charge in [-0.2, -0.15) is 0 Å². The van der Waals surface area contributed by atoms with Gasteiger partial charge < -0.3 is 5.32 Å². The van der Waals surface area contributed by atoms with Gasteiger partial charge >= 0.3 is 0 Å². The maximum atomic E-state index is 12.8. The number of aromatic nitrogens is 1. The highest BCUT2D eigenvalue weighted by Crippen LogP contribution is 2.20. The van der Waals surface area contributed by atoms with Crippen LogP contribution in [0, 0.1) is 5.82 Å². The van der Waals surface area contributed by atoms with Crippen LogP contribution in [0.4, 0.5) is 9.52 Å². The molecule has 5 heteroatoms. The summed E-state index contributed by atoms with van der Waals surface area (Å²) < 4.78 is 12.8. The van der Waals surface area contributed by atoms with Crippen LogP contribution in [0.5, 0.6) is 0 Å². The molecule has 0 aliphatic heterocycles. The topological polar surface area (TPSA) is 28.2 Å². The first kappa shape index (κ1) is 14.9. The Hall–Kier alpha value is -1.46. The van der Waals surface area contributed by atoms with E-state index in [0.717, 1.165) is 36.8 Å². The van der Waals surface area contributed by atoms with E-state index < -0.39 is 0 Å². The highest BCUT2D eigenvalue weighted by molar-refractivity contribution is 7.15. The Kier molecular flexibility index (Phi) is 5.49. The normalized spacial score (nSPS) is 11.0. The number of halogens is 1. The van der Waals surface area contributed by atoms with Crippen molar-refractivity contribution < 1.29 is 4.39 Å². The van der Waals surface area contributed by atoms with Gasteiger partial charge in [0.2, 0.25) is 0 Å². The molecular weight excluding hydrogens is 273 g/mol. The van der Waals surface area contributed by atoms with Crippen molar-refractivity contribution in [3.63, 3.8) is 0 Å². The lowest BCUT2D eigenvalue weighted by Crippen LogP contribution is -2.16. The van der Waals surface area contributed by atoms with E-state index in [-0.39, 0.29) is 5.82 Å². The average Bonchev–Trinajstić information content (AvgIpc) is 2.86. The molecule has 108 valence electrons. The molecule has 0 bridgehead atoms. The molecule has 0 spiro atoms. The highest BCUT2D eigenvalue weighted by Gasteiger charge is 2.06. The van der Waals surface area contributed by atoms with Crippen molar-refractivity contribution in [1.29, 1.82) is 0 Å². The van der Waals surface area contributed by atoms with Gasteiger partial charge in [0.15, 0.2) is 5.13 Å². The summed E-state index contributed by atoms with van der Waals surface area (Å²) in [5.74, 6) is -0.189. The monoisotopic (exact) mass is 293 g/mol. The predicted octanol–water partition coefficient (Wildman–Crippen LogP) is 3.74. The molecule has 0 saturated heterocycles. The number of hydrogen-bond donors (Lipinski definition) is 1. The Balaban J connectivity index is 1.86. The third-order valence-electron chi connectivity index (χ3n) is 2.87. The molecule has 0 aliphatic rings. The Morgan fingerprint density at radius 2 is 2.00 bits per heavy atom. The van der Waals surface area contributed by atoms with Gasteiger partial charge in [-0.05, 0) is 31.2 Å². The van der Waals surface area contributed by atoms with E-state index in [1.807, 2.05) is 18.3 Å². The van der Waals surface area contributed by atoms with Gasteiger partial charge in [0, 0.05) is 30.7 Å². The summed E-state index contributed by atoms with van der Waals surface area (Å²) in [5, 5.41) is 4.27. The SMILES string of the molecule is CCCNc1ncc(CN(C)Cc2ccc(F)cc2)s1. The Morgan fingerprint density at radius 3 is 2.70 bits per heavy atom. The molecule has 0 radical (unpaired) electrons. The van der Waals surface area contributed by atoms with Crippen LogP contribution in [-0.4, -0.2) is 23.5 Å². The lowest BCUT2D eigenvalue weighted by atomic mass is 10.2. The predicted molar refractivity (Wildman–Crippen MR) is 82.5 cm³/mol. The first-order valence-corrected chi connectivity index (χ1v) is 7.60. The van der Waals surface area contributed by atoms with Crippen molar-refractivity contribution in [2.45, 2.75) is 26.4 Å². The second-order valence-corrected chi connectivity index (χ2v) is 5.97. The molecule has 2 rings (SSSR count). The van der Waals surface area contributed by atoms with E-state index in [2.05, 4.69) is 29.2 Å². The number of nitrogens with zero attached hydrogens (tertiary/aromatic N) is 2. The highest BCUT2D eigenvalue weighted by atomic mass is 32.1. The molecule has 2 aromatic rings. The van der Waals surface area contributed by atoms with Crippen molar-refractivity contribution >= 4 is 16.5 Å². The molecule has 0 unspecified atom stereocenters. The van der Waals surface area contributed by atoms with Gasteiger partial charge in [0.1, 0.15) is 5.82 Å². The van der Waals surface area contributed by atoms with Crippen LogP contribution < -0.4 is 5.32 Å². The van der Waals surface area contributed by atoms with Crippen LogP contribution in [0.25, 0.3) is 0 Å². The van der Waals surface area contributed by atoms with Crippen LogP contribution in [0.1, 0.15) is 23.8 Å². The number of nitrogens with one attached hydrogen (secondary N) is 1. The van der Waals surface area contributed by atoms with Crippen LogP contribution >= 0.6 is 11.3 Å². The quantitative estimate of drug-likeness (QED) is 0.843. The largest absolute Gasteiger partial charge is 0.362 e. The minimum absolute atomic E-state index is 0.189. The first-order chi connectivity index (χ1) is 9.67. The molecule has 0 amide bonds.